The SMILES string of the molecule is COC(=O)c1c(NC(=S)NCCCn2nc(C(F)(F)F)c(Br)c2C2CC2)sc(C)c1C. The van der Waals surface area contributed by atoms with Crippen molar-refractivity contribution in [3.05, 3.63) is 31.9 Å². The Hall–Kier alpha value is -1.66. The topological polar surface area (TPSA) is 68.2 Å². The van der Waals surface area contributed by atoms with Gasteiger partial charge in [0.15, 0.2) is 10.8 Å². The fraction of sp³-hybridized carbons (Fsp3) is 0.526. The number of hydrogen-bond donors (Lipinski definition) is 2. The summed E-state index contributed by atoms with van der Waals surface area (Å²) in [7, 11) is 1.32. The maximum atomic E-state index is 13.2. The van der Waals surface area contributed by atoms with Crippen LogP contribution in [0.15, 0.2) is 4.47 Å². The number of thiocarbonyl (C=S) groups is 1. The smallest absolute Gasteiger partial charge is 0.436 e. The van der Waals surface area contributed by atoms with Gasteiger partial charge in [0.2, 0.25) is 0 Å². The van der Waals surface area contributed by atoms with Crippen LogP contribution in [0.4, 0.5) is 18.2 Å². The monoisotopic (exact) mass is 538 g/mol. The summed E-state index contributed by atoms with van der Waals surface area (Å²) in [6, 6.07) is 0. The molecule has 1 aliphatic rings. The number of hydrogen-bond acceptors (Lipinski definition) is 5. The molecule has 1 saturated carbocycles. The minimum absolute atomic E-state index is 0.0476. The van der Waals surface area contributed by atoms with Crippen LogP contribution in [-0.4, -0.2) is 34.5 Å². The Kier molecular flexibility index (Phi) is 7.32. The second kappa shape index (κ2) is 9.45. The second-order valence-corrected chi connectivity index (χ2v) is 9.68. The normalized spacial score (nSPS) is 13.9. The lowest BCUT2D eigenvalue weighted by atomic mass is 10.1. The highest BCUT2D eigenvalue weighted by Gasteiger charge is 2.41. The Morgan fingerprint density at radius 1 is 1.39 bits per heavy atom. The van der Waals surface area contributed by atoms with E-state index in [-0.39, 0.29) is 10.4 Å². The summed E-state index contributed by atoms with van der Waals surface area (Å²) < 4.78 is 45.9. The first-order chi connectivity index (χ1) is 14.5. The molecule has 1 fully saturated rings. The third-order valence-corrected chi connectivity index (χ3v) is 7.15. The first-order valence-corrected chi connectivity index (χ1v) is 11.6. The Bertz CT molecular complexity index is 999. The van der Waals surface area contributed by atoms with Gasteiger partial charge in [-0.1, -0.05) is 0 Å². The number of anilines is 1. The minimum Gasteiger partial charge on any atom is -0.465 e. The Labute approximate surface area is 195 Å². The van der Waals surface area contributed by atoms with Crippen LogP contribution in [0.3, 0.4) is 0 Å². The van der Waals surface area contributed by atoms with E-state index in [9.17, 15) is 18.0 Å². The van der Waals surface area contributed by atoms with Gasteiger partial charge in [-0.3, -0.25) is 4.68 Å². The van der Waals surface area contributed by atoms with Gasteiger partial charge in [-0.25, -0.2) is 4.79 Å². The fourth-order valence-corrected chi connectivity index (χ4v) is 5.35. The van der Waals surface area contributed by atoms with Crippen molar-refractivity contribution in [2.45, 2.75) is 51.7 Å². The molecule has 170 valence electrons. The first-order valence-electron chi connectivity index (χ1n) is 9.61. The van der Waals surface area contributed by atoms with Gasteiger partial charge in [0.1, 0.15) is 5.00 Å². The molecule has 2 N–H and O–H groups in total. The molecule has 0 bridgehead atoms. The number of methoxy groups -OCH3 is 1. The molecule has 12 heteroatoms. The Balaban J connectivity index is 1.58. The van der Waals surface area contributed by atoms with Gasteiger partial charge < -0.3 is 15.4 Å². The Morgan fingerprint density at radius 3 is 2.65 bits per heavy atom. The quantitative estimate of drug-likeness (QED) is 0.280. The molecule has 6 nitrogen and oxygen atoms in total. The molecule has 3 rings (SSSR count). The number of carbonyl (C=O) groups excluding carboxylic acids is 1. The van der Waals surface area contributed by atoms with Crippen molar-refractivity contribution in [3.8, 4) is 0 Å². The number of aryl methyl sites for hydroxylation is 2. The highest BCUT2D eigenvalue weighted by molar-refractivity contribution is 9.10. The van der Waals surface area contributed by atoms with Gasteiger partial charge in [0, 0.05) is 23.9 Å². The van der Waals surface area contributed by atoms with Crippen LogP contribution < -0.4 is 10.6 Å². The van der Waals surface area contributed by atoms with E-state index >= 15 is 0 Å². The van der Waals surface area contributed by atoms with Crippen molar-refractivity contribution in [3.63, 3.8) is 0 Å². The lowest BCUT2D eigenvalue weighted by molar-refractivity contribution is -0.142. The number of esters is 1. The molecule has 0 atom stereocenters. The largest absolute Gasteiger partial charge is 0.465 e. The van der Waals surface area contributed by atoms with Gasteiger partial charge in [0.25, 0.3) is 0 Å². The molecule has 2 aromatic rings. The summed E-state index contributed by atoms with van der Waals surface area (Å²) in [6.07, 6.45) is -2.23. The maximum Gasteiger partial charge on any atom is 0.436 e. The zero-order valence-corrected chi connectivity index (χ0v) is 20.4. The van der Waals surface area contributed by atoms with E-state index in [4.69, 9.17) is 17.0 Å². The number of carbonyl (C=O) groups is 1. The molecule has 0 amide bonds. The van der Waals surface area contributed by atoms with Gasteiger partial charge in [0.05, 0.1) is 22.8 Å². The van der Waals surface area contributed by atoms with Crippen molar-refractivity contribution in [1.29, 1.82) is 0 Å². The summed E-state index contributed by atoms with van der Waals surface area (Å²) in [5.74, 6) is -0.319. The van der Waals surface area contributed by atoms with Crippen LogP contribution in [0.25, 0.3) is 0 Å². The van der Waals surface area contributed by atoms with E-state index in [1.54, 1.807) is 0 Å². The standard InChI is InChI=1S/C19H22BrF3N4O2S2/c1-9-10(2)31-16(12(9)17(28)29-3)25-18(30)24-7-4-8-27-14(11-5-6-11)13(20)15(26-27)19(21,22)23/h11H,4-8H2,1-3H3,(H2,24,25,30). The number of thiophene rings is 1. The fourth-order valence-electron chi connectivity index (χ4n) is 3.19. The lowest BCUT2D eigenvalue weighted by Gasteiger charge is -2.11. The van der Waals surface area contributed by atoms with Gasteiger partial charge in [-0.05, 0) is 66.8 Å². The number of nitrogens with one attached hydrogen (secondary N) is 2. The van der Waals surface area contributed by atoms with Crippen LogP contribution in [0.5, 0.6) is 0 Å². The molecule has 0 unspecified atom stereocenters. The molecule has 0 saturated heterocycles. The number of halogens is 4. The van der Waals surface area contributed by atoms with Crippen LogP contribution in [0, 0.1) is 13.8 Å². The number of nitrogens with zero attached hydrogens (tertiary/aromatic N) is 2. The molecule has 2 heterocycles. The molecule has 0 spiro atoms. The van der Waals surface area contributed by atoms with Crippen molar-refractivity contribution >= 4 is 55.6 Å². The van der Waals surface area contributed by atoms with Crippen LogP contribution in [0.1, 0.15) is 57.4 Å². The summed E-state index contributed by atoms with van der Waals surface area (Å²) in [6.45, 7) is 4.52. The summed E-state index contributed by atoms with van der Waals surface area (Å²) >= 11 is 9.80. The van der Waals surface area contributed by atoms with Gasteiger partial charge in [-0.15, -0.1) is 11.3 Å². The summed E-state index contributed by atoms with van der Waals surface area (Å²) in [4.78, 5) is 13.0. The molecule has 0 radical (unpaired) electrons. The molecule has 0 aliphatic heterocycles. The van der Waals surface area contributed by atoms with E-state index in [0.717, 1.165) is 23.3 Å². The predicted octanol–water partition coefficient (Wildman–Crippen LogP) is 5.38. The Morgan fingerprint density at radius 2 is 2.06 bits per heavy atom. The van der Waals surface area contributed by atoms with Crippen molar-refractivity contribution < 1.29 is 22.7 Å². The third kappa shape index (κ3) is 5.40. The van der Waals surface area contributed by atoms with Crippen molar-refractivity contribution in [2.24, 2.45) is 0 Å². The predicted molar refractivity (Wildman–Crippen MR) is 121 cm³/mol. The van der Waals surface area contributed by atoms with E-state index < -0.39 is 17.8 Å². The van der Waals surface area contributed by atoms with E-state index in [1.165, 1.54) is 23.1 Å². The molecule has 0 aromatic carbocycles. The molecule has 2 aromatic heterocycles. The van der Waals surface area contributed by atoms with Crippen LogP contribution in [0.2, 0.25) is 0 Å². The third-order valence-electron chi connectivity index (χ3n) is 5.00. The molecule has 1 aliphatic carbocycles. The highest BCUT2D eigenvalue weighted by Crippen LogP contribution is 2.47. The zero-order chi connectivity index (χ0) is 22.9. The van der Waals surface area contributed by atoms with Gasteiger partial charge >= 0.3 is 12.1 Å². The van der Waals surface area contributed by atoms with Crippen LogP contribution in [-0.2, 0) is 17.5 Å². The molecular formula is C19H22BrF3N4O2S2. The van der Waals surface area contributed by atoms with E-state index in [0.29, 0.717) is 40.9 Å². The lowest BCUT2D eigenvalue weighted by Crippen LogP contribution is -2.30. The highest BCUT2D eigenvalue weighted by atomic mass is 79.9. The summed E-state index contributed by atoms with van der Waals surface area (Å²) in [5, 5.41) is 10.8. The number of alkyl halides is 3. The number of aromatic nitrogens is 2. The van der Waals surface area contributed by atoms with Crippen LogP contribution >= 0.6 is 39.5 Å². The molecular weight excluding hydrogens is 517 g/mol. The number of rotatable bonds is 7. The first kappa shape index (κ1) is 24.0. The summed E-state index contributed by atoms with van der Waals surface area (Å²) in [5.41, 5.74) is 1.02. The van der Waals surface area contributed by atoms with E-state index in [1.807, 2.05) is 13.8 Å². The maximum absolute atomic E-state index is 13.2. The molecule has 31 heavy (non-hydrogen) atoms. The van der Waals surface area contributed by atoms with E-state index in [2.05, 4.69) is 31.7 Å². The minimum atomic E-state index is -4.49. The van der Waals surface area contributed by atoms with Crippen molar-refractivity contribution in [1.82, 2.24) is 15.1 Å². The average Bonchev–Trinajstić information content (AvgIpc) is 3.40. The van der Waals surface area contributed by atoms with Gasteiger partial charge in [-0.2, -0.15) is 18.3 Å². The second-order valence-electron chi connectivity index (χ2n) is 7.26. The van der Waals surface area contributed by atoms with Crippen molar-refractivity contribution in [2.75, 3.05) is 19.0 Å². The number of ether oxygens (including phenoxy) is 1. The average molecular weight is 539 g/mol. The zero-order valence-electron chi connectivity index (χ0n) is 17.2.